The fourth-order valence-electron chi connectivity index (χ4n) is 2.65. The van der Waals surface area contributed by atoms with Crippen molar-refractivity contribution >= 4 is 23.2 Å². The molecule has 8 nitrogen and oxygen atoms in total. The molecule has 1 amide bonds. The Bertz CT molecular complexity index is 1020. The number of carbonyl (C=O) groups is 1. The Hall–Kier alpha value is -3.26. The van der Waals surface area contributed by atoms with Gasteiger partial charge < -0.3 is 5.32 Å². The SMILES string of the molecule is Cc1c(C(=O)NC(C)c2cccc(Cl)c2)nnn1-c1cccc([N+](=O)[O-])c1. The lowest BCUT2D eigenvalue weighted by Gasteiger charge is -2.14. The van der Waals surface area contributed by atoms with E-state index in [0.717, 1.165) is 5.56 Å². The van der Waals surface area contributed by atoms with Crippen LogP contribution in [-0.2, 0) is 0 Å². The summed E-state index contributed by atoms with van der Waals surface area (Å²) in [6.45, 7) is 3.52. The van der Waals surface area contributed by atoms with Crippen LogP contribution in [0.4, 0.5) is 5.69 Å². The monoisotopic (exact) mass is 385 g/mol. The second kappa shape index (κ2) is 7.55. The number of nitro groups is 1. The van der Waals surface area contributed by atoms with Gasteiger partial charge in [0.05, 0.1) is 22.3 Å². The predicted octanol–water partition coefficient (Wildman–Crippen LogP) is 3.63. The minimum Gasteiger partial charge on any atom is -0.344 e. The molecule has 0 bridgehead atoms. The van der Waals surface area contributed by atoms with Gasteiger partial charge in [-0.15, -0.1) is 5.10 Å². The number of nitro benzene ring substituents is 1. The van der Waals surface area contributed by atoms with Gasteiger partial charge in [0.1, 0.15) is 0 Å². The summed E-state index contributed by atoms with van der Waals surface area (Å²) in [4.78, 5) is 23.0. The number of nitrogens with one attached hydrogen (secondary N) is 1. The summed E-state index contributed by atoms with van der Waals surface area (Å²) in [5.74, 6) is -0.392. The molecule has 0 saturated carbocycles. The van der Waals surface area contributed by atoms with Crippen molar-refractivity contribution in [3.8, 4) is 5.69 Å². The minimum atomic E-state index is -0.490. The summed E-state index contributed by atoms with van der Waals surface area (Å²) in [5.41, 5.74) is 1.88. The van der Waals surface area contributed by atoms with Crippen LogP contribution >= 0.6 is 11.6 Å². The molecule has 3 aromatic rings. The Labute approximate surface area is 159 Å². The van der Waals surface area contributed by atoms with Crippen LogP contribution < -0.4 is 5.32 Å². The lowest BCUT2D eigenvalue weighted by molar-refractivity contribution is -0.384. The molecule has 3 rings (SSSR count). The Morgan fingerprint density at radius 1 is 1.26 bits per heavy atom. The van der Waals surface area contributed by atoms with Gasteiger partial charge in [0, 0.05) is 17.2 Å². The number of hydrogen-bond donors (Lipinski definition) is 1. The predicted molar refractivity (Wildman–Crippen MR) is 100 cm³/mol. The molecule has 2 aromatic carbocycles. The zero-order valence-electron chi connectivity index (χ0n) is 14.6. The van der Waals surface area contributed by atoms with Gasteiger partial charge in [-0.3, -0.25) is 14.9 Å². The molecular formula is C18H16ClN5O3. The van der Waals surface area contributed by atoms with Gasteiger partial charge in [0.15, 0.2) is 5.69 Å². The summed E-state index contributed by atoms with van der Waals surface area (Å²) in [5, 5.41) is 22.3. The molecule has 1 unspecified atom stereocenters. The van der Waals surface area contributed by atoms with Crippen molar-refractivity contribution in [2.45, 2.75) is 19.9 Å². The maximum absolute atomic E-state index is 12.6. The normalized spacial score (nSPS) is 11.8. The largest absolute Gasteiger partial charge is 0.344 e. The van der Waals surface area contributed by atoms with Crippen LogP contribution in [0.25, 0.3) is 5.69 Å². The fourth-order valence-corrected chi connectivity index (χ4v) is 2.85. The number of hydrogen-bond acceptors (Lipinski definition) is 5. The van der Waals surface area contributed by atoms with E-state index >= 15 is 0 Å². The highest BCUT2D eigenvalue weighted by atomic mass is 35.5. The highest BCUT2D eigenvalue weighted by Gasteiger charge is 2.20. The highest BCUT2D eigenvalue weighted by molar-refractivity contribution is 6.30. The number of benzene rings is 2. The molecule has 138 valence electrons. The van der Waals surface area contributed by atoms with Crippen LogP contribution in [0.15, 0.2) is 48.5 Å². The third-order valence-corrected chi connectivity index (χ3v) is 4.33. The number of nitrogens with zero attached hydrogens (tertiary/aromatic N) is 4. The van der Waals surface area contributed by atoms with Gasteiger partial charge >= 0.3 is 0 Å². The molecule has 0 radical (unpaired) electrons. The van der Waals surface area contributed by atoms with Crippen molar-refractivity contribution in [1.82, 2.24) is 20.3 Å². The van der Waals surface area contributed by atoms with E-state index in [1.807, 2.05) is 19.1 Å². The molecule has 0 spiro atoms. The van der Waals surface area contributed by atoms with Crippen molar-refractivity contribution < 1.29 is 9.72 Å². The van der Waals surface area contributed by atoms with E-state index in [2.05, 4.69) is 15.6 Å². The maximum atomic E-state index is 12.6. The summed E-state index contributed by atoms with van der Waals surface area (Å²) in [6, 6.07) is 12.9. The molecule has 1 N–H and O–H groups in total. The molecular weight excluding hydrogens is 370 g/mol. The lowest BCUT2D eigenvalue weighted by atomic mass is 10.1. The molecule has 0 fully saturated rings. The van der Waals surface area contributed by atoms with E-state index in [-0.39, 0.29) is 17.4 Å². The van der Waals surface area contributed by atoms with Crippen LogP contribution in [0, 0.1) is 17.0 Å². The van der Waals surface area contributed by atoms with Crippen molar-refractivity contribution in [2.24, 2.45) is 0 Å². The third-order valence-electron chi connectivity index (χ3n) is 4.09. The fraction of sp³-hybridized carbons (Fsp3) is 0.167. The molecule has 1 atom stereocenters. The Morgan fingerprint density at radius 2 is 2.00 bits per heavy atom. The quantitative estimate of drug-likeness (QED) is 0.533. The van der Waals surface area contributed by atoms with E-state index in [1.54, 1.807) is 31.2 Å². The molecule has 1 aromatic heterocycles. The van der Waals surface area contributed by atoms with E-state index in [1.165, 1.54) is 16.8 Å². The molecule has 0 saturated heterocycles. The van der Waals surface area contributed by atoms with Crippen LogP contribution in [0.3, 0.4) is 0 Å². The van der Waals surface area contributed by atoms with Crippen molar-refractivity contribution in [1.29, 1.82) is 0 Å². The van der Waals surface area contributed by atoms with Crippen LogP contribution in [-0.4, -0.2) is 25.8 Å². The smallest absolute Gasteiger partial charge is 0.274 e. The van der Waals surface area contributed by atoms with Crippen molar-refractivity contribution in [3.63, 3.8) is 0 Å². The first-order valence-electron chi connectivity index (χ1n) is 8.10. The Balaban J connectivity index is 1.83. The first-order valence-corrected chi connectivity index (χ1v) is 8.48. The zero-order valence-corrected chi connectivity index (χ0v) is 15.3. The molecule has 27 heavy (non-hydrogen) atoms. The molecule has 0 aliphatic carbocycles. The highest BCUT2D eigenvalue weighted by Crippen LogP contribution is 2.20. The number of carbonyl (C=O) groups excluding carboxylic acids is 1. The minimum absolute atomic E-state index is 0.0667. The Kier molecular flexibility index (Phi) is 5.18. The van der Waals surface area contributed by atoms with Gasteiger partial charge in [-0.2, -0.15) is 0 Å². The first-order chi connectivity index (χ1) is 12.9. The maximum Gasteiger partial charge on any atom is 0.274 e. The average Bonchev–Trinajstić information content (AvgIpc) is 3.03. The summed E-state index contributed by atoms with van der Waals surface area (Å²) in [6.07, 6.45) is 0. The molecule has 9 heteroatoms. The zero-order chi connectivity index (χ0) is 19.6. The van der Waals surface area contributed by atoms with Gasteiger partial charge in [-0.25, -0.2) is 4.68 Å². The van der Waals surface area contributed by atoms with Crippen LogP contribution in [0.2, 0.25) is 5.02 Å². The van der Waals surface area contributed by atoms with E-state index in [0.29, 0.717) is 16.4 Å². The average molecular weight is 386 g/mol. The topological polar surface area (TPSA) is 103 Å². The molecule has 0 aliphatic heterocycles. The van der Waals surface area contributed by atoms with E-state index in [9.17, 15) is 14.9 Å². The lowest BCUT2D eigenvalue weighted by Crippen LogP contribution is -2.27. The van der Waals surface area contributed by atoms with Crippen molar-refractivity contribution in [2.75, 3.05) is 0 Å². The van der Waals surface area contributed by atoms with E-state index in [4.69, 9.17) is 11.6 Å². The summed E-state index contributed by atoms with van der Waals surface area (Å²) >= 11 is 5.99. The second-order valence-corrected chi connectivity index (χ2v) is 6.40. The van der Waals surface area contributed by atoms with Gasteiger partial charge in [0.2, 0.25) is 0 Å². The Morgan fingerprint density at radius 3 is 2.70 bits per heavy atom. The standard InChI is InChI=1S/C18H16ClN5O3/c1-11(13-5-3-6-14(19)9-13)20-18(25)17-12(2)23(22-21-17)15-7-4-8-16(10-15)24(26)27/h3-11H,1-2H3,(H,20,25). The number of non-ortho nitro benzene ring substituents is 1. The van der Waals surface area contributed by atoms with Crippen LogP contribution in [0.1, 0.15) is 34.7 Å². The van der Waals surface area contributed by atoms with Crippen LogP contribution in [0.5, 0.6) is 0 Å². The molecule has 0 aliphatic rings. The van der Waals surface area contributed by atoms with Crippen molar-refractivity contribution in [3.05, 3.63) is 80.6 Å². The number of rotatable bonds is 5. The summed E-state index contributed by atoms with van der Waals surface area (Å²) in [7, 11) is 0. The van der Waals surface area contributed by atoms with Gasteiger partial charge in [-0.05, 0) is 37.6 Å². The number of aromatic nitrogens is 3. The second-order valence-electron chi connectivity index (χ2n) is 5.96. The third kappa shape index (κ3) is 3.95. The van der Waals surface area contributed by atoms with E-state index < -0.39 is 10.8 Å². The number of halogens is 1. The summed E-state index contributed by atoms with van der Waals surface area (Å²) < 4.78 is 1.39. The number of amides is 1. The molecule has 1 heterocycles. The first kappa shape index (κ1) is 18.5. The van der Waals surface area contributed by atoms with Gasteiger partial charge in [0.25, 0.3) is 11.6 Å². The van der Waals surface area contributed by atoms with Gasteiger partial charge in [-0.1, -0.05) is 35.0 Å².